The monoisotopic (exact) mass is 595 g/mol. The third-order valence-electron chi connectivity index (χ3n) is 6.27. The van der Waals surface area contributed by atoms with E-state index >= 15 is 0 Å². The van der Waals surface area contributed by atoms with Gasteiger partial charge in [0.15, 0.2) is 0 Å². The lowest BCUT2D eigenvalue weighted by atomic mass is 10.2. The molecule has 1 fully saturated rings. The number of unbranched alkanes of at least 4 members (excludes halogenated alkanes) is 1. The number of carbonyl (C=O) groups is 3. The molecule has 0 radical (unpaired) electrons. The molecule has 0 spiro atoms. The second-order valence-electron chi connectivity index (χ2n) is 9.87. The molecule has 0 bridgehead atoms. The second-order valence-corrected chi connectivity index (χ2v) is 11.7. The van der Waals surface area contributed by atoms with E-state index in [0.717, 1.165) is 28.7 Å². The Hall–Kier alpha value is -2.81. The van der Waals surface area contributed by atoms with Gasteiger partial charge in [0.05, 0.1) is 40.8 Å². The molecular weight excluding hydrogens is 554 g/mol. The molecule has 2 N–H and O–H groups in total. The molecule has 12 nitrogen and oxygen atoms in total. The Bertz CT molecular complexity index is 1040. The molecule has 0 unspecified atom stereocenters. The van der Waals surface area contributed by atoms with E-state index in [1.165, 1.54) is 11.3 Å². The Morgan fingerprint density at radius 2 is 1.90 bits per heavy atom. The van der Waals surface area contributed by atoms with Crippen LogP contribution in [0.15, 0.2) is 17.1 Å². The number of ether oxygens (including phenoxy) is 2. The number of urea groups is 1. The fourth-order valence-corrected chi connectivity index (χ4v) is 5.20. The molecule has 1 aliphatic rings. The smallest absolute Gasteiger partial charge is 0.407 e. The topological polar surface area (TPSA) is 129 Å². The highest BCUT2D eigenvalue weighted by molar-refractivity contribution is 7.09. The maximum atomic E-state index is 13.1. The van der Waals surface area contributed by atoms with E-state index in [9.17, 15) is 14.4 Å². The van der Waals surface area contributed by atoms with Crippen molar-refractivity contribution in [1.29, 1.82) is 0 Å². The van der Waals surface area contributed by atoms with Crippen LogP contribution in [0.25, 0.3) is 0 Å². The summed E-state index contributed by atoms with van der Waals surface area (Å²) in [5.74, 6) is 0.204. The Morgan fingerprint density at radius 1 is 1.15 bits per heavy atom. The average molecular weight is 596 g/mol. The summed E-state index contributed by atoms with van der Waals surface area (Å²) >= 11 is 3.03. The first-order chi connectivity index (χ1) is 19.3. The van der Waals surface area contributed by atoms with Crippen molar-refractivity contribution in [2.75, 3.05) is 66.1 Å². The minimum Gasteiger partial charge on any atom is -0.444 e. The lowest BCUT2D eigenvalue weighted by Gasteiger charge is -2.30. The van der Waals surface area contributed by atoms with Crippen molar-refractivity contribution in [1.82, 2.24) is 35.3 Å². The molecular formula is C26H41N7O5S2. The van der Waals surface area contributed by atoms with Crippen LogP contribution < -0.4 is 10.6 Å². The molecule has 1 aliphatic heterocycles. The number of nitrogens with one attached hydrogen (secondary N) is 2. The van der Waals surface area contributed by atoms with E-state index in [0.29, 0.717) is 64.7 Å². The van der Waals surface area contributed by atoms with Gasteiger partial charge in [0, 0.05) is 63.8 Å². The minimum absolute atomic E-state index is 0.0129. The molecule has 0 atom stereocenters. The van der Waals surface area contributed by atoms with Crippen LogP contribution in [0.5, 0.6) is 0 Å². The van der Waals surface area contributed by atoms with Crippen molar-refractivity contribution in [3.8, 4) is 0 Å². The van der Waals surface area contributed by atoms with Gasteiger partial charge in [0.2, 0.25) is 5.91 Å². The zero-order chi connectivity index (χ0) is 28.7. The molecule has 3 heterocycles. The highest BCUT2D eigenvalue weighted by Crippen LogP contribution is 2.19. The standard InChI is InChI=1S/C26H41N7O5S2/c1-20(2)24-30-21(18-39-24)15-31(3)23(34)16-33(9-8-32-10-12-37-13-11-32)25(35)28-6-4-5-7-29-26(36)38-17-22-14-27-19-40-22/h14,18-20H,4-13,15-17H2,1-3H3,(H,28,35)(H,29,36). The van der Waals surface area contributed by atoms with Crippen LogP contribution in [0.1, 0.15) is 48.2 Å². The predicted octanol–water partition coefficient (Wildman–Crippen LogP) is 2.73. The van der Waals surface area contributed by atoms with E-state index in [1.807, 2.05) is 5.38 Å². The number of morpholine rings is 1. The van der Waals surface area contributed by atoms with Gasteiger partial charge in [-0.25, -0.2) is 14.6 Å². The van der Waals surface area contributed by atoms with E-state index in [1.54, 1.807) is 39.9 Å². The number of hydrogen-bond acceptors (Lipinski definition) is 10. The van der Waals surface area contributed by atoms with Gasteiger partial charge in [-0.3, -0.25) is 14.7 Å². The third kappa shape index (κ3) is 11.4. The van der Waals surface area contributed by atoms with E-state index in [4.69, 9.17) is 9.47 Å². The molecule has 14 heteroatoms. The number of amides is 4. The molecule has 2 aromatic rings. The summed E-state index contributed by atoms with van der Waals surface area (Å²) in [6.07, 6.45) is 2.54. The molecule has 4 amide bonds. The Labute approximate surface area is 244 Å². The van der Waals surface area contributed by atoms with Gasteiger partial charge in [-0.15, -0.1) is 22.7 Å². The van der Waals surface area contributed by atoms with E-state index in [2.05, 4.69) is 39.3 Å². The van der Waals surface area contributed by atoms with E-state index < -0.39 is 6.09 Å². The predicted molar refractivity (Wildman–Crippen MR) is 154 cm³/mol. The number of aromatic nitrogens is 2. The van der Waals surface area contributed by atoms with Crippen LogP contribution >= 0.6 is 22.7 Å². The van der Waals surface area contributed by atoms with E-state index in [-0.39, 0.29) is 25.1 Å². The van der Waals surface area contributed by atoms with Gasteiger partial charge < -0.3 is 29.9 Å². The van der Waals surface area contributed by atoms with Crippen molar-refractivity contribution in [2.45, 2.75) is 45.8 Å². The molecule has 0 saturated carbocycles. The summed E-state index contributed by atoms with van der Waals surface area (Å²) in [6.45, 7) is 9.73. The zero-order valence-electron chi connectivity index (χ0n) is 23.6. The minimum atomic E-state index is -0.479. The third-order valence-corrected chi connectivity index (χ3v) is 8.22. The maximum Gasteiger partial charge on any atom is 0.407 e. The summed E-state index contributed by atoms with van der Waals surface area (Å²) in [7, 11) is 1.74. The van der Waals surface area contributed by atoms with Crippen LogP contribution in [0, 0.1) is 0 Å². The van der Waals surface area contributed by atoms with Gasteiger partial charge in [0.1, 0.15) is 13.2 Å². The summed E-state index contributed by atoms with van der Waals surface area (Å²) in [5.41, 5.74) is 2.54. The maximum absolute atomic E-state index is 13.1. The molecule has 0 aromatic carbocycles. The Morgan fingerprint density at radius 3 is 2.58 bits per heavy atom. The number of alkyl carbamates (subject to hydrolysis) is 1. The number of carbonyl (C=O) groups excluding carboxylic acids is 3. The van der Waals surface area contributed by atoms with Gasteiger partial charge in [-0.05, 0) is 12.8 Å². The molecule has 40 heavy (non-hydrogen) atoms. The summed E-state index contributed by atoms with van der Waals surface area (Å²) < 4.78 is 10.6. The summed E-state index contributed by atoms with van der Waals surface area (Å²) in [5, 5.41) is 8.66. The van der Waals surface area contributed by atoms with Crippen LogP contribution in [0.3, 0.4) is 0 Å². The van der Waals surface area contributed by atoms with Crippen LogP contribution in [0.4, 0.5) is 9.59 Å². The number of rotatable bonds is 15. The van der Waals surface area contributed by atoms with Gasteiger partial charge in [-0.2, -0.15) is 0 Å². The second kappa shape index (κ2) is 17.1. The summed E-state index contributed by atoms with van der Waals surface area (Å²) in [4.78, 5) is 52.8. The number of thiazole rings is 2. The van der Waals surface area contributed by atoms with Gasteiger partial charge in [0.25, 0.3) is 0 Å². The Kier molecular flexibility index (Phi) is 13.6. The normalized spacial score (nSPS) is 13.7. The largest absolute Gasteiger partial charge is 0.444 e. The first-order valence-electron chi connectivity index (χ1n) is 13.6. The lowest BCUT2D eigenvalue weighted by molar-refractivity contribution is -0.131. The first kappa shape index (κ1) is 31.7. The van der Waals surface area contributed by atoms with Crippen molar-refractivity contribution in [2.24, 2.45) is 0 Å². The summed E-state index contributed by atoms with van der Waals surface area (Å²) in [6, 6.07) is -0.275. The van der Waals surface area contributed by atoms with Gasteiger partial charge >= 0.3 is 12.1 Å². The SMILES string of the molecule is CC(C)c1nc(CN(C)C(=O)CN(CCN2CCOCC2)C(=O)NCCCCNC(=O)OCc2cncs2)cs1. The van der Waals surface area contributed by atoms with Gasteiger partial charge in [-0.1, -0.05) is 13.8 Å². The van der Waals surface area contributed by atoms with Crippen molar-refractivity contribution < 1.29 is 23.9 Å². The molecule has 2 aromatic heterocycles. The quantitative estimate of drug-likeness (QED) is 0.301. The highest BCUT2D eigenvalue weighted by Gasteiger charge is 2.22. The zero-order valence-corrected chi connectivity index (χ0v) is 25.2. The van der Waals surface area contributed by atoms with Crippen molar-refractivity contribution in [3.05, 3.63) is 32.7 Å². The molecule has 222 valence electrons. The molecule has 3 rings (SSSR count). The molecule has 1 saturated heterocycles. The number of nitrogens with zero attached hydrogens (tertiary/aromatic N) is 5. The fourth-order valence-electron chi connectivity index (χ4n) is 3.86. The average Bonchev–Trinajstić information content (AvgIpc) is 3.64. The van der Waals surface area contributed by atoms with Crippen LogP contribution in [-0.4, -0.2) is 109 Å². The van der Waals surface area contributed by atoms with Crippen LogP contribution in [-0.2, 0) is 27.4 Å². The first-order valence-corrected chi connectivity index (χ1v) is 15.4. The van der Waals surface area contributed by atoms with Crippen molar-refractivity contribution >= 4 is 40.7 Å². The Balaban J connectivity index is 1.40. The number of likely N-dealkylation sites (N-methyl/N-ethyl adjacent to an activating group) is 1. The highest BCUT2D eigenvalue weighted by atomic mass is 32.1. The van der Waals surface area contributed by atoms with Crippen molar-refractivity contribution in [3.63, 3.8) is 0 Å². The molecule has 0 aliphatic carbocycles. The lowest BCUT2D eigenvalue weighted by Crippen LogP contribution is -2.49. The van der Waals surface area contributed by atoms with Crippen LogP contribution in [0.2, 0.25) is 0 Å². The number of hydrogen-bond donors (Lipinski definition) is 2. The fraction of sp³-hybridized carbons (Fsp3) is 0.654.